The third kappa shape index (κ3) is 3.22. The highest BCUT2D eigenvalue weighted by molar-refractivity contribution is 5.82. The Hall–Kier alpha value is -1.32. The van der Waals surface area contributed by atoms with E-state index in [1.165, 1.54) is 10.9 Å². The van der Waals surface area contributed by atoms with Gasteiger partial charge in [-0.25, -0.2) is 0 Å². The van der Waals surface area contributed by atoms with E-state index in [2.05, 4.69) is 56.2 Å². The van der Waals surface area contributed by atoms with Gasteiger partial charge in [0.1, 0.15) is 11.3 Å². The number of hydrogen-bond donors (Lipinski definition) is 1. The maximum atomic E-state index is 6.08. The number of para-hydroxylation sites is 1. The Morgan fingerprint density at radius 2 is 2.00 bits per heavy atom. The molecular weight excluding hydrogens is 248 g/mol. The predicted molar refractivity (Wildman–Crippen MR) is 84.8 cm³/mol. The summed E-state index contributed by atoms with van der Waals surface area (Å²) in [6.45, 7) is 9.32. The molecule has 0 bridgehead atoms. The Morgan fingerprint density at radius 3 is 2.70 bits per heavy atom. The number of rotatable bonds is 7. The van der Waals surface area contributed by atoms with Crippen LogP contribution in [0.1, 0.15) is 38.5 Å². The molecule has 1 aromatic heterocycles. The van der Waals surface area contributed by atoms with Crippen molar-refractivity contribution in [3.63, 3.8) is 0 Å². The van der Waals surface area contributed by atoms with Gasteiger partial charge in [-0.05, 0) is 33.0 Å². The first kappa shape index (κ1) is 15.1. The topological polar surface area (TPSA) is 28.4 Å². The van der Waals surface area contributed by atoms with E-state index in [0.29, 0.717) is 6.04 Å². The fourth-order valence-corrected chi connectivity index (χ4v) is 2.42. The van der Waals surface area contributed by atoms with Gasteiger partial charge >= 0.3 is 0 Å². The zero-order chi connectivity index (χ0) is 14.5. The molecule has 0 spiro atoms. The molecule has 0 saturated heterocycles. The van der Waals surface area contributed by atoms with Gasteiger partial charge in [0.25, 0.3) is 0 Å². The fourth-order valence-electron chi connectivity index (χ4n) is 2.42. The van der Waals surface area contributed by atoms with Gasteiger partial charge in [0.15, 0.2) is 0 Å². The summed E-state index contributed by atoms with van der Waals surface area (Å²) >= 11 is 0. The Kier molecular flexibility index (Phi) is 5.21. The summed E-state index contributed by atoms with van der Waals surface area (Å²) in [5.41, 5.74) is 2.30. The lowest BCUT2D eigenvalue weighted by atomic mass is 10.1. The molecule has 2 aromatic rings. The van der Waals surface area contributed by atoms with Gasteiger partial charge in [0.05, 0.1) is 6.54 Å². The first-order valence-electron chi connectivity index (χ1n) is 7.57. The highest BCUT2D eigenvalue weighted by Gasteiger charge is 2.16. The van der Waals surface area contributed by atoms with Crippen molar-refractivity contribution in [1.82, 2.24) is 10.2 Å². The molecule has 0 aliphatic carbocycles. The van der Waals surface area contributed by atoms with Crippen LogP contribution in [0.15, 0.2) is 28.7 Å². The van der Waals surface area contributed by atoms with Crippen molar-refractivity contribution in [1.29, 1.82) is 0 Å². The summed E-state index contributed by atoms with van der Waals surface area (Å²) in [4.78, 5) is 2.35. The molecule has 0 aliphatic heterocycles. The second-order valence-corrected chi connectivity index (χ2v) is 5.45. The number of nitrogens with zero attached hydrogens (tertiary/aromatic N) is 1. The zero-order valence-electron chi connectivity index (χ0n) is 13.1. The van der Waals surface area contributed by atoms with E-state index in [4.69, 9.17) is 4.42 Å². The molecule has 1 aromatic carbocycles. The third-order valence-electron chi connectivity index (χ3n) is 4.07. The molecule has 2 rings (SSSR count). The van der Waals surface area contributed by atoms with Crippen LogP contribution in [-0.4, -0.2) is 24.5 Å². The third-order valence-corrected chi connectivity index (χ3v) is 4.07. The van der Waals surface area contributed by atoms with Gasteiger partial charge < -0.3 is 9.73 Å². The van der Waals surface area contributed by atoms with Crippen LogP contribution in [-0.2, 0) is 13.1 Å². The summed E-state index contributed by atoms with van der Waals surface area (Å²) < 4.78 is 6.08. The standard InChI is InChI=1S/C17H26N2O/c1-5-13(3)19(4)12-17-15(11-18-6-2)14-9-7-8-10-16(14)20-17/h7-10,13,18H,5-6,11-12H2,1-4H3. The SMILES string of the molecule is CCNCc1c(CN(C)C(C)CC)oc2ccccc12. The largest absolute Gasteiger partial charge is 0.459 e. The average Bonchev–Trinajstić information content (AvgIpc) is 2.81. The highest BCUT2D eigenvalue weighted by atomic mass is 16.3. The van der Waals surface area contributed by atoms with Gasteiger partial charge in [0.2, 0.25) is 0 Å². The van der Waals surface area contributed by atoms with Crippen LogP contribution in [0.5, 0.6) is 0 Å². The van der Waals surface area contributed by atoms with Crippen LogP contribution >= 0.6 is 0 Å². The Morgan fingerprint density at radius 1 is 1.25 bits per heavy atom. The first-order valence-corrected chi connectivity index (χ1v) is 7.57. The molecule has 20 heavy (non-hydrogen) atoms. The van der Waals surface area contributed by atoms with Gasteiger partial charge in [-0.1, -0.05) is 32.0 Å². The van der Waals surface area contributed by atoms with Crippen molar-refractivity contribution in [3.05, 3.63) is 35.6 Å². The van der Waals surface area contributed by atoms with E-state index in [-0.39, 0.29) is 0 Å². The summed E-state index contributed by atoms with van der Waals surface area (Å²) in [7, 11) is 2.17. The molecule has 0 fully saturated rings. The molecule has 1 N–H and O–H groups in total. The summed E-state index contributed by atoms with van der Waals surface area (Å²) in [6, 6.07) is 8.88. The predicted octanol–water partition coefficient (Wildman–Crippen LogP) is 3.77. The molecule has 1 heterocycles. The molecular formula is C17H26N2O. The van der Waals surface area contributed by atoms with Crippen molar-refractivity contribution >= 4 is 11.0 Å². The number of nitrogens with one attached hydrogen (secondary N) is 1. The quantitative estimate of drug-likeness (QED) is 0.833. The van der Waals surface area contributed by atoms with Gasteiger partial charge in [-0.2, -0.15) is 0 Å². The van der Waals surface area contributed by atoms with E-state index in [1.807, 2.05) is 6.07 Å². The van der Waals surface area contributed by atoms with Crippen molar-refractivity contribution in [3.8, 4) is 0 Å². The smallest absolute Gasteiger partial charge is 0.134 e. The Labute approximate surface area is 122 Å². The Bertz CT molecular complexity index is 547. The first-order chi connectivity index (χ1) is 9.67. The van der Waals surface area contributed by atoms with Gasteiger partial charge in [-0.15, -0.1) is 0 Å². The fraction of sp³-hybridized carbons (Fsp3) is 0.529. The molecule has 0 aliphatic rings. The second kappa shape index (κ2) is 6.91. The summed E-state index contributed by atoms with van der Waals surface area (Å²) in [5.74, 6) is 1.09. The lowest BCUT2D eigenvalue weighted by Crippen LogP contribution is -2.28. The second-order valence-electron chi connectivity index (χ2n) is 5.45. The molecule has 1 unspecified atom stereocenters. The van der Waals surface area contributed by atoms with E-state index < -0.39 is 0 Å². The van der Waals surface area contributed by atoms with Crippen molar-refractivity contribution in [2.24, 2.45) is 0 Å². The molecule has 3 heteroatoms. The Balaban J connectivity index is 2.30. The van der Waals surface area contributed by atoms with Gasteiger partial charge in [-0.3, -0.25) is 4.90 Å². The number of fused-ring (bicyclic) bond motifs is 1. The number of hydrogen-bond acceptors (Lipinski definition) is 3. The van der Waals surface area contributed by atoms with Crippen LogP contribution in [0, 0.1) is 0 Å². The maximum absolute atomic E-state index is 6.08. The number of furan rings is 1. The van der Waals surface area contributed by atoms with Crippen LogP contribution in [0.3, 0.4) is 0 Å². The molecule has 1 atom stereocenters. The van der Waals surface area contributed by atoms with Crippen molar-refractivity contribution in [2.45, 2.75) is 46.3 Å². The monoisotopic (exact) mass is 274 g/mol. The van der Waals surface area contributed by atoms with Crippen molar-refractivity contribution in [2.75, 3.05) is 13.6 Å². The van der Waals surface area contributed by atoms with E-state index in [0.717, 1.165) is 37.4 Å². The van der Waals surface area contributed by atoms with E-state index in [1.54, 1.807) is 0 Å². The van der Waals surface area contributed by atoms with E-state index in [9.17, 15) is 0 Å². The molecule has 110 valence electrons. The molecule has 0 radical (unpaired) electrons. The minimum absolute atomic E-state index is 0.565. The zero-order valence-corrected chi connectivity index (χ0v) is 13.1. The number of benzene rings is 1. The minimum Gasteiger partial charge on any atom is -0.459 e. The molecule has 3 nitrogen and oxygen atoms in total. The van der Waals surface area contributed by atoms with Crippen LogP contribution in [0.2, 0.25) is 0 Å². The average molecular weight is 274 g/mol. The van der Waals surface area contributed by atoms with Crippen LogP contribution in [0.25, 0.3) is 11.0 Å². The van der Waals surface area contributed by atoms with Crippen LogP contribution in [0.4, 0.5) is 0 Å². The summed E-state index contributed by atoms with van der Waals surface area (Å²) in [5, 5.41) is 4.66. The minimum atomic E-state index is 0.565. The highest BCUT2D eigenvalue weighted by Crippen LogP contribution is 2.27. The lowest BCUT2D eigenvalue weighted by Gasteiger charge is -2.22. The molecule has 0 amide bonds. The van der Waals surface area contributed by atoms with E-state index >= 15 is 0 Å². The normalized spacial score (nSPS) is 13.2. The van der Waals surface area contributed by atoms with Crippen molar-refractivity contribution < 1.29 is 4.42 Å². The van der Waals surface area contributed by atoms with Crippen LogP contribution < -0.4 is 5.32 Å². The summed E-state index contributed by atoms with van der Waals surface area (Å²) in [6.07, 6.45) is 1.15. The lowest BCUT2D eigenvalue weighted by molar-refractivity contribution is 0.226. The maximum Gasteiger partial charge on any atom is 0.134 e. The molecule has 0 saturated carbocycles. The van der Waals surface area contributed by atoms with Gasteiger partial charge in [0, 0.05) is 23.5 Å².